The maximum atomic E-state index is 12.2. The summed E-state index contributed by atoms with van der Waals surface area (Å²) in [6, 6.07) is 4.05. The Labute approximate surface area is 187 Å². The van der Waals surface area contributed by atoms with Gasteiger partial charge in [0.2, 0.25) is 0 Å². The lowest BCUT2D eigenvalue weighted by atomic mass is 9.92. The first kappa shape index (κ1) is 25.6. The minimum Gasteiger partial charge on any atom is -0.453 e. The highest BCUT2D eigenvalue weighted by Crippen LogP contribution is 2.60. The molecule has 6 nitrogen and oxygen atoms in total. The summed E-state index contributed by atoms with van der Waals surface area (Å²) in [5.74, 6) is 0.686. The fourth-order valence-corrected chi connectivity index (χ4v) is 5.30. The molecule has 174 valence electrons. The van der Waals surface area contributed by atoms with Crippen molar-refractivity contribution in [2.24, 2.45) is 0 Å². The third-order valence-corrected chi connectivity index (χ3v) is 6.94. The summed E-state index contributed by atoms with van der Waals surface area (Å²) < 4.78 is 11.3. The van der Waals surface area contributed by atoms with E-state index in [1.165, 1.54) is 0 Å². The molecule has 0 spiro atoms. The molecule has 31 heavy (non-hydrogen) atoms. The highest BCUT2D eigenvalue weighted by Gasteiger charge is 2.40. The van der Waals surface area contributed by atoms with E-state index in [-0.39, 0.29) is 6.35 Å². The highest BCUT2D eigenvalue weighted by atomic mass is 31.2. The number of amides is 1. The molecule has 1 aromatic rings. The Bertz CT molecular complexity index is 801. The number of alkyl carbamates (subject to hydrolysis) is 1. The van der Waals surface area contributed by atoms with Crippen LogP contribution in [0.4, 0.5) is 4.79 Å². The van der Waals surface area contributed by atoms with Crippen LogP contribution in [-0.2, 0) is 11.2 Å². The summed E-state index contributed by atoms with van der Waals surface area (Å²) in [7, 11) is -3.22. The first-order valence-corrected chi connectivity index (χ1v) is 12.8. The summed E-state index contributed by atoms with van der Waals surface area (Å²) in [5.41, 5.74) is 1.89. The van der Waals surface area contributed by atoms with Gasteiger partial charge in [-0.2, -0.15) is 0 Å². The first-order valence-electron chi connectivity index (χ1n) is 11.0. The molecule has 1 aliphatic rings. The standard InChI is InChI=1S/C24H38NO5P/c1-17-13-19(15-24(6,7)25-22(26)30-23(3,4)5)14-18(2)21(17)29-16-31(27,28)20-11-9-8-10-12-20/h11,13-14,27-28H,8-10,12,15-16H2,1-7H3/p+1. The highest BCUT2D eigenvalue weighted by molar-refractivity contribution is 7.68. The summed E-state index contributed by atoms with van der Waals surface area (Å²) in [5, 5.41) is 3.69. The lowest BCUT2D eigenvalue weighted by Crippen LogP contribution is -2.47. The molecule has 0 fully saturated rings. The number of allylic oxidation sites excluding steroid dienone is 2. The zero-order valence-corrected chi connectivity index (χ0v) is 20.9. The molecule has 0 bridgehead atoms. The van der Waals surface area contributed by atoms with Gasteiger partial charge in [0, 0.05) is 12.0 Å². The van der Waals surface area contributed by atoms with E-state index in [4.69, 9.17) is 9.47 Å². The minimum atomic E-state index is -3.22. The number of carbonyl (C=O) groups is 1. The number of aryl methyl sites for hydroxylation is 2. The van der Waals surface area contributed by atoms with Gasteiger partial charge in [-0.05, 0) is 96.9 Å². The van der Waals surface area contributed by atoms with Crippen LogP contribution in [0.3, 0.4) is 0 Å². The largest absolute Gasteiger partial charge is 0.453 e. The van der Waals surface area contributed by atoms with E-state index in [9.17, 15) is 14.6 Å². The van der Waals surface area contributed by atoms with Crippen molar-refractivity contribution in [1.29, 1.82) is 0 Å². The van der Waals surface area contributed by atoms with Crippen LogP contribution >= 0.6 is 7.72 Å². The summed E-state index contributed by atoms with van der Waals surface area (Å²) >= 11 is 0. The van der Waals surface area contributed by atoms with Crippen LogP contribution in [0.1, 0.15) is 77.0 Å². The molecule has 1 aromatic carbocycles. The summed E-state index contributed by atoms with van der Waals surface area (Å²) in [4.78, 5) is 33.3. The fourth-order valence-electron chi connectivity index (χ4n) is 3.89. The molecular formula is C24H39NO5P+. The van der Waals surface area contributed by atoms with Crippen LogP contribution in [0.5, 0.6) is 5.75 Å². The second-order valence-corrected chi connectivity index (χ2v) is 12.5. The van der Waals surface area contributed by atoms with E-state index in [1.807, 2.05) is 66.7 Å². The van der Waals surface area contributed by atoms with Gasteiger partial charge in [-0.3, -0.25) is 0 Å². The Morgan fingerprint density at radius 3 is 2.23 bits per heavy atom. The molecule has 0 heterocycles. The van der Waals surface area contributed by atoms with Crippen LogP contribution in [0.15, 0.2) is 23.5 Å². The number of ether oxygens (including phenoxy) is 2. The smallest absolute Gasteiger partial charge is 0.408 e. The third-order valence-electron chi connectivity index (χ3n) is 5.12. The van der Waals surface area contributed by atoms with Gasteiger partial charge in [-0.15, -0.1) is 0 Å². The maximum absolute atomic E-state index is 12.2. The van der Waals surface area contributed by atoms with Crippen molar-refractivity contribution in [2.45, 2.75) is 91.7 Å². The molecule has 1 amide bonds. The second kappa shape index (κ2) is 9.89. The van der Waals surface area contributed by atoms with Gasteiger partial charge in [0.05, 0.1) is 0 Å². The van der Waals surface area contributed by atoms with E-state index >= 15 is 0 Å². The molecule has 0 saturated carbocycles. The van der Waals surface area contributed by atoms with E-state index in [0.717, 1.165) is 47.7 Å². The average Bonchev–Trinajstić information content (AvgIpc) is 2.58. The minimum absolute atomic E-state index is 0.0917. The summed E-state index contributed by atoms with van der Waals surface area (Å²) in [6.07, 6.45) is 5.79. The Kier molecular flexibility index (Phi) is 8.18. The number of nitrogens with one attached hydrogen (secondary N) is 1. The molecule has 1 aliphatic carbocycles. The van der Waals surface area contributed by atoms with Crippen molar-refractivity contribution in [3.8, 4) is 5.75 Å². The zero-order chi connectivity index (χ0) is 23.4. The third kappa shape index (κ3) is 8.10. The fraction of sp³-hybridized carbons (Fsp3) is 0.625. The van der Waals surface area contributed by atoms with Crippen molar-refractivity contribution in [1.82, 2.24) is 5.32 Å². The number of hydrogen-bond acceptors (Lipinski definition) is 5. The van der Waals surface area contributed by atoms with Crippen molar-refractivity contribution in [3.63, 3.8) is 0 Å². The van der Waals surface area contributed by atoms with E-state index in [1.54, 1.807) is 0 Å². The van der Waals surface area contributed by atoms with Gasteiger partial charge in [-0.1, -0.05) is 12.1 Å². The molecule has 3 N–H and O–H groups in total. The predicted octanol–water partition coefficient (Wildman–Crippen LogP) is 5.78. The molecule has 0 aromatic heterocycles. The van der Waals surface area contributed by atoms with Crippen molar-refractivity contribution < 1.29 is 24.1 Å². The monoisotopic (exact) mass is 452 g/mol. The van der Waals surface area contributed by atoms with E-state index < -0.39 is 24.9 Å². The van der Waals surface area contributed by atoms with Crippen LogP contribution in [0, 0.1) is 13.8 Å². The molecule has 2 rings (SSSR count). The quantitative estimate of drug-likeness (QED) is 0.457. The van der Waals surface area contributed by atoms with Crippen LogP contribution in [0.25, 0.3) is 0 Å². The number of benzene rings is 1. The first-order chi connectivity index (χ1) is 14.2. The predicted molar refractivity (Wildman–Crippen MR) is 126 cm³/mol. The second-order valence-electron chi connectivity index (χ2n) is 10.2. The van der Waals surface area contributed by atoms with Gasteiger partial charge < -0.3 is 14.8 Å². The number of carbonyl (C=O) groups excluding carboxylic acids is 1. The van der Waals surface area contributed by atoms with Gasteiger partial charge in [0.25, 0.3) is 6.35 Å². The topological polar surface area (TPSA) is 88.0 Å². The SMILES string of the molecule is Cc1cc(CC(C)(C)NC(=O)OC(C)(C)C)cc(C)c1OC[P+](O)(O)C1=CCCCC1. The Morgan fingerprint density at radius 2 is 1.71 bits per heavy atom. The van der Waals surface area contributed by atoms with Crippen molar-refractivity contribution in [2.75, 3.05) is 6.35 Å². The van der Waals surface area contributed by atoms with Crippen LogP contribution in [0.2, 0.25) is 0 Å². The van der Waals surface area contributed by atoms with E-state index in [0.29, 0.717) is 12.2 Å². The summed E-state index contributed by atoms with van der Waals surface area (Å²) in [6.45, 7) is 13.3. The Hall–Kier alpha value is -1.62. The number of rotatable bonds is 7. The lowest BCUT2D eigenvalue weighted by Gasteiger charge is -2.29. The van der Waals surface area contributed by atoms with Crippen molar-refractivity contribution in [3.05, 3.63) is 40.2 Å². The molecule has 0 aliphatic heterocycles. The van der Waals surface area contributed by atoms with E-state index in [2.05, 4.69) is 5.32 Å². The Morgan fingerprint density at radius 1 is 1.10 bits per heavy atom. The molecule has 7 heteroatoms. The van der Waals surface area contributed by atoms with Gasteiger partial charge in [0.15, 0.2) is 0 Å². The van der Waals surface area contributed by atoms with Gasteiger partial charge in [0.1, 0.15) is 16.7 Å². The van der Waals surface area contributed by atoms with Crippen molar-refractivity contribution >= 4 is 13.8 Å². The Balaban J connectivity index is 2.06. The maximum Gasteiger partial charge on any atom is 0.408 e. The molecule has 0 unspecified atom stereocenters. The van der Waals surface area contributed by atoms with Gasteiger partial charge >= 0.3 is 13.8 Å². The van der Waals surface area contributed by atoms with Gasteiger partial charge in [-0.25, -0.2) is 14.6 Å². The van der Waals surface area contributed by atoms with Crippen LogP contribution in [-0.4, -0.2) is 33.4 Å². The zero-order valence-electron chi connectivity index (χ0n) is 20.0. The molecule has 0 saturated heterocycles. The molecule has 0 radical (unpaired) electrons. The average molecular weight is 453 g/mol. The molecular weight excluding hydrogens is 413 g/mol. The normalized spacial score (nSPS) is 15.3. The lowest BCUT2D eigenvalue weighted by molar-refractivity contribution is 0.0472. The van der Waals surface area contributed by atoms with Crippen LogP contribution < -0.4 is 10.1 Å². The number of hydrogen-bond donors (Lipinski definition) is 3. The molecule has 0 atom stereocenters.